The van der Waals surface area contributed by atoms with Crippen LogP contribution in [0, 0.1) is 6.92 Å². The fourth-order valence-corrected chi connectivity index (χ4v) is 3.68. The van der Waals surface area contributed by atoms with Gasteiger partial charge in [-0.1, -0.05) is 23.5 Å². The Labute approximate surface area is 125 Å². The minimum Gasteiger partial charge on any atom is -0.398 e. The predicted octanol–water partition coefficient (Wildman–Crippen LogP) is 2.59. The molecule has 1 aliphatic rings. The molecule has 1 aliphatic heterocycles. The number of hydrogen-bond acceptors (Lipinski definition) is 6. The van der Waals surface area contributed by atoms with E-state index in [1.54, 1.807) is 4.52 Å². The highest BCUT2D eigenvalue weighted by atomic mass is 32.1. The molecule has 6 nitrogen and oxygen atoms in total. The van der Waals surface area contributed by atoms with E-state index < -0.39 is 0 Å². The van der Waals surface area contributed by atoms with Crippen LogP contribution in [0.1, 0.15) is 30.3 Å². The first kappa shape index (κ1) is 12.7. The maximum Gasteiger partial charge on any atom is 0.235 e. The maximum absolute atomic E-state index is 6.10. The van der Waals surface area contributed by atoms with Gasteiger partial charge in [0.1, 0.15) is 11.1 Å². The second-order valence-corrected chi connectivity index (χ2v) is 6.16. The maximum atomic E-state index is 6.10. The van der Waals surface area contributed by atoms with Crippen molar-refractivity contribution < 1.29 is 4.74 Å². The average Bonchev–Trinajstić information content (AvgIpc) is 3.13. The molecule has 0 bridgehead atoms. The molecule has 2 N–H and O–H groups in total. The second-order valence-electron chi connectivity index (χ2n) is 5.20. The highest BCUT2D eigenvalue weighted by Gasteiger charge is 2.25. The van der Waals surface area contributed by atoms with Crippen LogP contribution in [0.25, 0.3) is 15.5 Å². The van der Waals surface area contributed by atoms with Crippen molar-refractivity contribution >= 4 is 22.0 Å². The van der Waals surface area contributed by atoms with Gasteiger partial charge in [0.15, 0.2) is 5.82 Å². The van der Waals surface area contributed by atoms with Crippen molar-refractivity contribution in [3.8, 4) is 10.6 Å². The Morgan fingerprint density at radius 1 is 1.38 bits per heavy atom. The molecule has 0 radical (unpaired) electrons. The lowest BCUT2D eigenvalue weighted by Gasteiger charge is -2.06. The number of ether oxygens (including phenoxy) is 1. The SMILES string of the molecule is Cc1cccc(N)c1-c1nn2c(C3CCCO3)nnc2s1. The molecule has 1 fully saturated rings. The third-order valence-electron chi connectivity index (χ3n) is 3.75. The topological polar surface area (TPSA) is 78.3 Å². The first-order chi connectivity index (χ1) is 10.2. The number of rotatable bonds is 2. The normalized spacial score (nSPS) is 18.6. The highest BCUT2D eigenvalue weighted by Crippen LogP contribution is 2.34. The largest absolute Gasteiger partial charge is 0.398 e. The van der Waals surface area contributed by atoms with E-state index in [4.69, 9.17) is 10.5 Å². The van der Waals surface area contributed by atoms with Crippen LogP contribution in [-0.2, 0) is 4.74 Å². The summed E-state index contributed by atoms with van der Waals surface area (Å²) in [5.41, 5.74) is 8.92. The lowest BCUT2D eigenvalue weighted by Crippen LogP contribution is -2.03. The van der Waals surface area contributed by atoms with E-state index in [0.717, 1.165) is 52.1 Å². The van der Waals surface area contributed by atoms with Gasteiger partial charge in [0.2, 0.25) is 4.96 Å². The molecule has 1 saturated heterocycles. The van der Waals surface area contributed by atoms with Crippen molar-refractivity contribution in [2.45, 2.75) is 25.9 Å². The van der Waals surface area contributed by atoms with Gasteiger partial charge in [-0.3, -0.25) is 0 Å². The molecule has 21 heavy (non-hydrogen) atoms. The molecule has 108 valence electrons. The lowest BCUT2D eigenvalue weighted by atomic mass is 10.1. The highest BCUT2D eigenvalue weighted by molar-refractivity contribution is 7.19. The summed E-state index contributed by atoms with van der Waals surface area (Å²) in [6.07, 6.45) is 2.03. The number of benzene rings is 1. The first-order valence-corrected chi connectivity index (χ1v) is 7.75. The van der Waals surface area contributed by atoms with Crippen LogP contribution >= 0.6 is 11.3 Å². The summed E-state index contributed by atoms with van der Waals surface area (Å²) in [7, 11) is 0. The summed E-state index contributed by atoms with van der Waals surface area (Å²) in [4.78, 5) is 0.776. The van der Waals surface area contributed by atoms with Gasteiger partial charge in [-0.05, 0) is 31.4 Å². The zero-order valence-corrected chi connectivity index (χ0v) is 12.4. The Morgan fingerprint density at radius 2 is 2.29 bits per heavy atom. The third-order valence-corrected chi connectivity index (χ3v) is 4.67. The number of nitrogen functional groups attached to an aromatic ring is 1. The Bertz CT molecular complexity index is 783. The summed E-state index contributed by atoms with van der Waals surface area (Å²) in [6.45, 7) is 2.82. The molecule has 3 heterocycles. The fourth-order valence-electron chi connectivity index (χ4n) is 2.70. The molecule has 7 heteroatoms. The molecule has 3 aromatic rings. The molecule has 0 saturated carbocycles. The van der Waals surface area contributed by atoms with E-state index >= 15 is 0 Å². The number of fused-ring (bicyclic) bond motifs is 1. The number of aromatic nitrogens is 4. The minimum absolute atomic E-state index is 0.00386. The zero-order chi connectivity index (χ0) is 14.4. The van der Waals surface area contributed by atoms with E-state index in [1.165, 1.54) is 11.3 Å². The summed E-state index contributed by atoms with van der Waals surface area (Å²) in [5.74, 6) is 0.789. The van der Waals surface area contributed by atoms with Crippen LogP contribution in [0.2, 0.25) is 0 Å². The average molecular weight is 301 g/mol. The Kier molecular flexibility index (Phi) is 2.90. The van der Waals surface area contributed by atoms with Crippen LogP contribution in [0.3, 0.4) is 0 Å². The molecular weight excluding hydrogens is 286 g/mol. The monoisotopic (exact) mass is 301 g/mol. The predicted molar refractivity (Wildman–Crippen MR) is 81.2 cm³/mol. The van der Waals surface area contributed by atoms with E-state index in [-0.39, 0.29) is 6.10 Å². The number of nitrogens with zero attached hydrogens (tertiary/aromatic N) is 4. The molecule has 0 spiro atoms. The minimum atomic E-state index is 0.00386. The standard InChI is InChI=1S/C14H15N5OS/c1-8-4-2-5-9(15)11(8)13-18-19-12(10-6-3-7-20-10)16-17-14(19)21-13/h2,4-5,10H,3,6-7,15H2,1H3. The molecule has 1 unspecified atom stereocenters. The Balaban J connectivity index is 1.84. The molecule has 0 amide bonds. The molecule has 1 aromatic carbocycles. The van der Waals surface area contributed by atoms with Gasteiger partial charge in [0.25, 0.3) is 0 Å². The molecule has 2 aromatic heterocycles. The van der Waals surface area contributed by atoms with E-state index in [0.29, 0.717) is 0 Å². The second kappa shape index (κ2) is 4.78. The molecule has 4 rings (SSSR count). The van der Waals surface area contributed by atoms with Gasteiger partial charge in [-0.25, -0.2) is 0 Å². The third kappa shape index (κ3) is 2.00. The number of anilines is 1. The fraction of sp³-hybridized carbons (Fsp3) is 0.357. The van der Waals surface area contributed by atoms with Crippen molar-refractivity contribution in [3.63, 3.8) is 0 Å². The number of hydrogen-bond donors (Lipinski definition) is 1. The van der Waals surface area contributed by atoms with Crippen LogP contribution in [-0.4, -0.2) is 26.4 Å². The number of aryl methyl sites for hydroxylation is 1. The van der Waals surface area contributed by atoms with E-state index in [9.17, 15) is 0 Å². The summed E-state index contributed by atoms with van der Waals surface area (Å²) in [6, 6.07) is 5.88. The summed E-state index contributed by atoms with van der Waals surface area (Å²) in [5, 5.41) is 14.0. The quantitative estimate of drug-likeness (QED) is 0.736. The molecular formula is C14H15N5OS. The lowest BCUT2D eigenvalue weighted by molar-refractivity contribution is 0.103. The van der Waals surface area contributed by atoms with Gasteiger partial charge in [-0.15, -0.1) is 10.2 Å². The van der Waals surface area contributed by atoms with Gasteiger partial charge in [0.05, 0.1) is 0 Å². The van der Waals surface area contributed by atoms with Crippen molar-refractivity contribution in [2.24, 2.45) is 0 Å². The van der Waals surface area contributed by atoms with Crippen LogP contribution in [0.4, 0.5) is 5.69 Å². The van der Waals surface area contributed by atoms with Gasteiger partial charge < -0.3 is 10.5 Å². The van der Waals surface area contributed by atoms with E-state index in [2.05, 4.69) is 15.3 Å². The van der Waals surface area contributed by atoms with Crippen molar-refractivity contribution in [2.75, 3.05) is 12.3 Å². The number of nitrogens with two attached hydrogens (primary N) is 1. The van der Waals surface area contributed by atoms with Crippen molar-refractivity contribution in [3.05, 3.63) is 29.6 Å². The van der Waals surface area contributed by atoms with Crippen LogP contribution < -0.4 is 5.73 Å². The van der Waals surface area contributed by atoms with Gasteiger partial charge >= 0.3 is 0 Å². The van der Waals surface area contributed by atoms with E-state index in [1.807, 2.05) is 25.1 Å². The van der Waals surface area contributed by atoms with Gasteiger partial charge in [-0.2, -0.15) is 9.61 Å². The van der Waals surface area contributed by atoms with Crippen molar-refractivity contribution in [1.82, 2.24) is 19.8 Å². The molecule has 0 aliphatic carbocycles. The van der Waals surface area contributed by atoms with Crippen molar-refractivity contribution in [1.29, 1.82) is 0 Å². The smallest absolute Gasteiger partial charge is 0.235 e. The summed E-state index contributed by atoms with van der Waals surface area (Å²) >= 11 is 1.50. The first-order valence-electron chi connectivity index (χ1n) is 6.93. The Hall–Kier alpha value is -1.99. The molecule has 1 atom stereocenters. The van der Waals surface area contributed by atoms with Gasteiger partial charge in [0, 0.05) is 17.9 Å². The Morgan fingerprint density at radius 3 is 3.05 bits per heavy atom. The summed E-state index contributed by atoms with van der Waals surface area (Å²) < 4.78 is 7.48. The van der Waals surface area contributed by atoms with Crippen LogP contribution in [0.15, 0.2) is 18.2 Å². The van der Waals surface area contributed by atoms with Crippen LogP contribution in [0.5, 0.6) is 0 Å². The zero-order valence-electron chi connectivity index (χ0n) is 11.6.